The lowest BCUT2D eigenvalue weighted by molar-refractivity contribution is -0.117. The van der Waals surface area contributed by atoms with Crippen LogP contribution in [0.25, 0.3) is 10.9 Å². The van der Waals surface area contributed by atoms with Crippen LogP contribution in [0.2, 0.25) is 5.02 Å². The molecule has 1 amide bonds. The van der Waals surface area contributed by atoms with Gasteiger partial charge in [0.25, 0.3) is 0 Å². The lowest BCUT2D eigenvalue weighted by Crippen LogP contribution is -2.49. The van der Waals surface area contributed by atoms with E-state index in [-0.39, 0.29) is 11.8 Å². The number of aliphatic imine (C=N–C) groups is 1. The van der Waals surface area contributed by atoms with Crippen molar-refractivity contribution in [3.8, 4) is 0 Å². The number of amides is 1. The Bertz CT molecular complexity index is 1980. The van der Waals surface area contributed by atoms with Crippen LogP contribution in [0.1, 0.15) is 52.0 Å². The Balaban J connectivity index is 0.000000233. The molecule has 3 aromatic carbocycles. The van der Waals surface area contributed by atoms with Crippen LogP contribution in [-0.2, 0) is 16.0 Å². The molecule has 4 aromatic rings. The van der Waals surface area contributed by atoms with E-state index in [1.807, 2.05) is 37.2 Å². The number of likely N-dealkylation sites (tertiary alicyclic amines) is 1. The van der Waals surface area contributed by atoms with Crippen molar-refractivity contribution in [2.75, 3.05) is 92.4 Å². The summed E-state index contributed by atoms with van der Waals surface area (Å²) in [5, 5.41) is 18.3. The van der Waals surface area contributed by atoms with Gasteiger partial charge < -0.3 is 35.2 Å². The Morgan fingerprint density at radius 1 is 0.950 bits per heavy atom. The number of hydrogen-bond acceptors (Lipinski definition) is 11. The minimum Gasteiger partial charge on any atom is -0.388 e. The number of hydrogen-bond donors (Lipinski definition) is 3. The number of nitrogens with zero attached hydrogens (tertiary/aromatic N) is 6. The summed E-state index contributed by atoms with van der Waals surface area (Å²) >= 11 is 5.92. The lowest BCUT2D eigenvalue weighted by Gasteiger charge is -2.38. The molecule has 0 saturated carbocycles. The SMILES string of the molecule is CN(C=Nc1cc(NC(=O)CN2CCN(C)CC2)ccc1C=O)CC1(O)CCN(C)CC1.CNCCCC(C=O)Cc1ccccc1.O=Cc1ccc2c(Cl)ccnc2c1. The van der Waals surface area contributed by atoms with E-state index in [4.69, 9.17) is 11.6 Å². The average molecular weight is 841 g/mol. The number of halogens is 1. The van der Waals surface area contributed by atoms with Gasteiger partial charge in [0.15, 0.2) is 6.29 Å². The molecule has 14 heteroatoms. The van der Waals surface area contributed by atoms with Gasteiger partial charge in [-0.25, -0.2) is 4.99 Å². The van der Waals surface area contributed by atoms with Gasteiger partial charge in [0.2, 0.25) is 5.91 Å². The maximum absolute atomic E-state index is 12.5. The van der Waals surface area contributed by atoms with Crippen molar-refractivity contribution in [3.63, 3.8) is 0 Å². The van der Waals surface area contributed by atoms with Crippen molar-refractivity contribution >= 4 is 65.0 Å². The number of aliphatic hydroxyl groups is 1. The van der Waals surface area contributed by atoms with Crippen LogP contribution in [0.5, 0.6) is 0 Å². The summed E-state index contributed by atoms with van der Waals surface area (Å²) in [6.45, 7) is 7.20. The van der Waals surface area contributed by atoms with Gasteiger partial charge in [-0.3, -0.25) is 24.3 Å². The van der Waals surface area contributed by atoms with Crippen LogP contribution >= 0.6 is 11.6 Å². The number of carbonyl (C=O) groups excluding carboxylic acids is 4. The highest BCUT2D eigenvalue weighted by Crippen LogP contribution is 2.25. The molecule has 60 heavy (non-hydrogen) atoms. The predicted molar refractivity (Wildman–Crippen MR) is 242 cm³/mol. The molecule has 322 valence electrons. The number of aromatic nitrogens is 1. The van der Waals surface area contributed by atoms with E-state index in [0.29, 0.717) is 40.6 Å². The molecule has 1 unspecified atom stereocenters. The quantitative estimate of drug-likeness (QED) is 0.0570. The summed E-state index contributed by atoms with van der Waals surface area (Å²) in [6.07, 6.45) is 10.2. The molecule has 2 aliphatic rings. The highest BCUT2D eigenvalue weighted by molar-refractivity contribution is 6.35. The smallest absolute Gasteiger partial charge is 0.238 e. The topological polar surface area (TPSA) is 151 Å². The first kappa shape index (κ1) is 47.8. The maximum Gasteiger partial charge on any atom is 0.238 e. The second kappa shape index (κ2) is 25.0. The van der Waals surface area contributed by atoms with Gasteiger partial charge in [-0.2, -0.15) is 0 Å². The van der Waals surface area contributed by atoms with Gasteiger partial charge in [-0.05, 0) is 95.7 Å². The molecule has 13 nitrogen and oxygen atoms in total. The number of likely N-dealkylation sites (N-methyl/N-ethyl adjacent to an activating group) is 2. The Hall–Kier alpha value is -4.89. The summed E-state index contributed by atoms with van der Waals surface area (Å²) in [6, 6.07) is 22.3. The first-order valence-electron chi connectivity index (χ1n) is 20.5. The van der Waals surface area contributed by atoms with Crippen molar-refractivity contribution in [1.82, 2.24) is 29.9 Å². The zero-order valence-electron chi connectivity index (χ0n) is 35.4. The second-order valence-electron chi connectivity index (χ2n) is 15.7. The Morgan fingerprint density at radius 3 is 2.33 bits per heavy atom. The molecular weight excluding hydrogens is 780 g/mol. The van der Waals surface area contributed by atoms with Crippen LogP contribution in [0.4, 0.5) is 11.4 Å². The number of carbonyl (C=O) groups is 4. The number of rotatable bonds is 16. The fourth-order valence-corrected chi connectivity index (χ4v) is 7.20. The summed E-state index contributed by atoms with van der Waals surface area (Å²) in [5.74, 6) is 0.0886. The normalized spacial score (nSPS) is 16.2. The largest absolute Gasteiger partial charge is 0.388 e. The molecule has 3 heterocycles. The highest BCUT2D eigenvalue weighted by Gasteiger charge is 2.32. The molecule has 3 N–H and O–H groups in total. The van der Waals surface area contributed by atoms with Gasteiger partial charge in [-0.15, -0.1) is 0 Å². The zero-order valence-corrected chi connectivity index (χ0v) is 36.2. The van der Waals surface area contributed by atoms with Crippen LogP contribution in [-0.4, -0.2) is 153 Å². The van der Waals surface area contributed by atoms with E-state index in [1.54, 1.807) is 55.0 Å². The molecule has 2 saturated heterocycles. The molecule has 0 radical (unpaired) electrons. The minimum absolute atomic E-state index is 0.0788. The van der Waals surface area contributed by atoms with Crippen LogP contribution < -0.4 is 10.6 Å². The molecule has 1 aromatic heterocycles. The third kappa shape index (κ3) is 16.3. The molecule has 0 spiro atoms. The predicted octanol–water partition coefficient (Wildman–Crippen LogP) is 5.48. The first-order valence-corrected chi connectivity index (χ1v) is 20.9. The molecule has 1 atom stereocenters. The van der Waals surface area contributed by atoms with Gasteiger partial charge in [-0.1, -0.05) is 54.1 Å². The monoisotopic (exact) mass is 840 g/mol. The number of fused-ring (bicyclic) bond motifs is 1. The molecular formula is C46H61ClN8O5. The number of piperazine rings is 1. The van der Waals surface area contributed by atoms with Gasteiger partial charge in [0.05, 0.1) is 34.7 Å². The summed E-state index contributed by atoms with van der Waals surface area (Å²) in [4.78, 5) is 62.3. The Labute approximate surface area is 359 Å². The van der Waals surface area contributed by atoms with Crippen LogP contribution in [0, 0.1) is 5.92 Å². The van der Waals surface area contributed by atoms with Crippen molar-refractivity contribution in [1.29, 1.82) is 0 Å². The van der Waals surface area contributed by atoms with Gasteiger partial charge in [0.1, 0.15) is 12.6 Å². The highest BCUT2D eigenvalue weighted by atomic mass is 35.5. The van der Waals surface area contributed by atoms with Crippen molar-refractivity contribution in [2.45, 2.75) is 37.7 Å². The van der Waals surface area contributed by atoms with Crippen molar-refractivity contribution in [2.24, 2.45) is 10.9 Å². The van der Waals surface area contributed by atoms with E-state index in [2.05, 4.69) is 61.5 Å². The maximum atomic E-state index is 12.5. The molecule has 6 rings (SSSR count). The molecule has 0 aliphatic carbocycles. The summed E-state index contributed by atoms with van der Waals surface area (Å²) < 4.78 is 0. The molecule has 0 bridgehead atoms. The third-order valence-electron chi connectivity index (χ3n) is 10.6. The standard InChI is InChI=1S/C23H36N6O3.C13H19NO.C10H6ClNO/c1-26-8-6-23(32,7-9-26)17-28(3)18-24-21-14-20(5-4-19(21)16-30)25-22(31)15-29-12-10-27(2)11-13-29;1-14-9-5-8-13(11-15)10-12-6-3-2-4-7-12;11-9-3-4-12-10-5-7(6-13)1-2-8(9)10/h4-5,14,16,18,32H,6-13,15,17H2,1-3H3,(H,25,31);2-4,6-7,11,13-14H,5,8-10H2,1H3;1-6H. The summed E-state index contributed by atoms with van der Waals surface area (Å²) in [5.41, 5.74) is 3.42. The second-order valence-corrected chi connectivity index (χ2v) is 16.1. The zero-order chi connectivity index (χ0) is 43.3. The number of nitrogens with one attached hydrogen (secondary N) is 2. The number of piperidine rings is 1. The van der Waals surface area contributed by atoms with E-state index in [1.165, 1.54) is 5.56 Å². The van der Waals surface area contributed by atoms with Gasteiger partial charge >= 0.3 is 0 Å². The van der Waals surface area contributed by atoms with Crippen LogP contribution in [0.15, 0.2) is 84.0 Å². The molecule has 2 fully saturated rings. The van der Waals surface area contributed by atoms with Crippen molar-refractivity contribution in [3.05, 3.63) is 101 Å². The van der Waals surface area contributed by atoms with E-state index in [0.717, 1.165) is 108 Å². The number of benzene rings is 3. The fourth-order valence-electron chi connectivity index (χ4n) is 6.98. The van der Waals surface area contributed by atoms with Gasteiger partial charge in [0, 0.05) is 87.2 Å². The lowest BCUT2D eigenvalue weighted by atomic mass is 9.91. The molecule has 2 aliphatic heterocycles. The Morgan fingerprint density at radius 2 is 1.67 bits per heavy atom. The number of pyridine rings is 1. The van der Waals surface area contributed by atoms with E-state index in [9.17, 15) is 24.3 Å². The van der Waals surface area contributed by atoms with E-state index < -0.39 is 5.60 Å². The van der Waals surface area contributed by atoms with Crippen molar-refractivity contribution < 1.29 is 24.3 Å². The third-order valence-corrected chi connectivity index (χ3v) is 11.0. The van der Waals surface area contributed by atoms with E-state index >= 15 is 0 Å². The number of aldehydes is 3. The summed E-state index contributed by atoms with van der Waals surface area (Å²) in [7, 11) is 7.94. The minimum atomic E-state index is -0.736. The number of anilines is 1. The Kier molecular flexibility index (Phi) is 19.9. The first-order chi connectivity index (χ1) is 28.9. The van der Waals surface area contributed by atoms with Crippen LogP contribution in [0.3, 0.4) is 0 Å². The average Bonchev–Trinajstić information content (AvgIpc) is 3.25. The fraction of sp³-hybridized carbons (Fsp3) is 0.435.